The van der Waals surface area contributed by atoms with Gasteiger partial charge in [-0.1, -0.05) is 0 Å². The second kappa shape index (κ2) is 5.36. The van der Waals surface area contributed by atoms with E-state index in [0.717, 1.165) is 37.5 Å². The van der Waals surface area contributed by atoms with Crippen LogP contribution in [0, 0.1) is 12.8 Å². The second-order valence-corrected chi connectivity index (χ2v) is 4.72. The molecule has 94 valence electrons. The van der Waals surface area contributed by atoms with E-state index < -0.39 is 0 Å². The van der Waals surface area contributed by atoms with E-state index in [1.807, 2.05) is 26.0 Å². The van der Waals surface area contributed by atoms with Crippen LogP contribution in [0.5, 0.6) is 0 Å². The van der Waals surface area contributed by atoms with Crippen LogP contribution in [0.25, 0.3) is 0 Å². The largest absolute Gasteiger partial charge is 0.464 e. The zero-order valence-electron chi connectivity index (χ0n) is 10.5. The van der Waals surface area contributed by atoms with Gasteiger partial charge in [0.2, 0.25) is 5.91 Å². The van der Waals surface area contributed by atoms with Gasteiger partial charge in [-0.2, -0.15) is 0 Å². The average Bonchev–Trinajstić information content (AvgIpc) is 2.77. The number of carbonyl (C=O) groups is 1. The minimum atomic E-state index is -0.0573. The Balaban J connectivity index is 1.89. The number of hydrogen-bond acceptors (Lipinski definition) is 3. The lowest BCUT2D eigenvalue weighted by molar-refractivity contribution is -0.126. The van der Waals surface area contributed by atoms with E-state index in [0.29, 0.717) is 0 Å². The Kier molecular flexibility index (Phi) is 3.84. The number of rotatable bonds is 3. The lowest BCUT2D eigenvalue weighted by Crippen LogP contribution is -2.41. The Bertz CT molecular complexity index is 381. The Morgan fingerprint density at radius 1 is 1.59 bits per heavy atom. The van der Waals surface area contributed by atoms with Crippen molar-refractivity contribution in [2.75, 3.05) is 13.1 Å². The molecule has 2 atom stereocenters. The quantitative estimate of drug-likeness (QED) is 0.841. The van der Waals surface area contributed by atoms with E-state index in [1.165, 1.54) is 0 Å². The van der Waals surface area contributed by atoms with E-state index in [4.69, 9.17) is 4.42 Å². The highest BCUT2D eigenvalue weighted by Gasteiger charge is 2.23. The van der Waals surface area contributed by atoms with Crippen molar-refractivity contribution < 1.29 is 9.21 Å². The molecule has 1 saturated heterocycles. The predicted octanol–water partition coefficient (Wildman–Crippen LogP) is 1.76. The first-order chi connectivity index (χ1) is 8.16. The first-order valence-electron chi connectivity index (χ1n) is 6.24. The summed E-state index contributed by atoms with van der Waals surface area (Å²) in [6, 6.07) is 3.78. The molecule has 4 nitrogen and oxygen atoms in total. The van der Waals surface area contributed by atoms with Crippen LogP contribution in [0.3, 0.4) is 0 Å². The minimum Gasteiger partial charge on any atom is -0.464 e. The molecule has 2 heterocycles. The second-order valence-electron chi connectivity index (χ2n) is 4.72. The Hall–Kier alpha value is -1.29. The van der Waals surface area contributed by atoms with Crippen LogP contribution in [0.4, 0.5) is 0 Å². The van der Waals surface area contributed by atoms with Gasteiger partial charge in [0, 0.05) is 6.54 Å². The highest BCUT2D eigenvalue weighted by Crippen LogP contribution is 2.17. The normalized spacial score (nSPS) is 22.1. The number of piperidine rings is 1. The summed E-state index contributed by atoms with van der Waals surface area (Å²) in [5.74, 6) is 1.92. The third kappa shape index (κ3) is 3.09. The molecule has 1 aromatic rings. The number of carbonyl (C=O) groups excluding carboxylic acids is 1. The van der Waals surface area contributed by atoms with Crippen molar-refractivity contribution in [2.45, 2.75) is 32.7 Å². The topological polar surface area (TPSA) is 54.3 Å². The van der Waals surface area contributed by atoms with E-state index >= 15 is 0 Å². The van der Waals surface area contributed by atoms with Gasteiger partial charge >= 0.3 is 0 Å². The Morgan fingerprint density at radius 2 is 2.41 bits per heavy atom. The van der Waals surface area contributed by atoms with Gasteiger partial charge < -0.3 is 15.1 Å². The van der Waals surface area contributed by atoms with E-state index in [2.05, 4.69) is 10.6 Å². The summed E-state index contributed by atoms with van der Waals surface area (Å²) < 4.78 is 5.50. The van der Waals surface area contributed by atoms with Gasteiger partial charge in [-0.3, -0.25) is 4.79 Å². The lowest BCUT2D eigenvalue weighted by Gasteiger charge is -2.23. The third-order valence-electron chi connectivity index (χ3n) is 3.21. The number of hydrogen-bond donors (Lipinski definition) is 2. The van der Waals surface area contributed by atoms with Gasteiger partial charge in [-0.25, -0.2) is 0 Å². The summed E-state index contributed by atoms with van der Waals surface area (Å²) in [6.45, 7) is 5.67. The molecule has 2 unspecified atom stereocenters. The first kappa shape index (κ1) is 12.2. The molecule has 0 aliphatic carbocycles. The molecule has 0 bridgehead atoms. The maximum Gasteiger partial charge on any atom is 0.224 e. The average molecular weight is 236 g/mol. The summed E-state index contributed by atoms with van der Waals surface area (Å²) in [4.78, 5) is 12.0. The van der Waals surface area contributed by atoms with Gasteiger partial charge in [0.25, 0.3) is 0 Å². The van der Waals surface area contributed by atoms with Crippen LogP contribution in [0.1, 0.15) is 37.3 Å². The molecule has 1 amide bonds. The van der Waals surface area contributed by atoms with Gasteiger partial charge in [0.1, 0.15) is 11.5 Å². The molecule has 1 aliphatic rings. The highest BCUT2D eigenvalue weighted by molar-refractivity contribution is 5.79. The number of aryl methyl sites for hydroxylation is 1. The Morgan fingerprint density at radius 3 is 3.00 bits per heavy atom. The Labute approximate surface area is 102 Å². The van der Waals surface area contributed by atoms with Gasteiger partial charge in [-0.05, 0) is 45.4 Å². The fourth-order valence-electron chi connectivity index (χ4n) is 2.16. The lowest BCUT2D eigenvalue weighted by atomic mass is 9.98. The third-order valence-corrected chi connectivity index (χ3v) is 3.21. The van der Waals surface area contributed by atoms with Crippen LogP contribution in [0.15, 0.2) is 16.5 Å². The molecule has 0 aromatic carbocycles. The SMILES string of the molecule is Cc1ccc(C(C)NC(=O)C2CCCNC2)o1. The smallest absolute Gasteiger partial charge is 0.224 e. The highest BCUT2D eigenvalue weighted by atomic mass is 16.3. The standard InChI is InChI=1S/C13H20N2O2/c1-9-5-6-12(17-9)10(2)15-13(16)11-4-3-7-14-8-11/h5-6,10-11,14H,3-4,7-8H2,1-2H3,(H,15,16). The van der Waals surface area contributed by atoms with Crippen molar-refractivity contribution in [3.05, 3.63) is 23.7 Å². The van der Waals surface area contributed by atoms with Crippen molar-refractivity contribution in [1.29, 1.82) is 0 Å². The van der Waals surface area contributed by atoms with Crippen LogP contribution in [-0.2, 0) is 4.79 Å². The number of amides is 1. The fourth-order valence-corrected chi connectivity index (χ4v) is 2.16. The van der Waals surface area contributed by atoms with Crippen LogP contribution in [-0.4, -0.2) is 19.0 Å². The van der Waals surface area contributed by atoms with Crippen molar-refractivity contribution in [3.8, 4) is 0 Å². The van der Waals surface area contributed by atoms with Crippen LogP contribution in [0.2, 0.25) is 0 Å². The van der Waals surface area contributed by atoms with Crippen LogP contribution < -0.4 is 10.6 Å². The predicted molar refractivity (Wildman–Crippen MR) is 65.6 cm³/mol. The van der Waals surface area contributed by atoms with Crippen LogP contribution >= 0.6 is 0 Å². The monoisotopic (exact) mass is 236 g/mol. The molecule has 1 fully saturated rings. The molecule has 2 rings (SSSR count). The van der Waals surface area contributed by atoms with E-state index in [-0.39, 0.29) is 17.9 Å². The summed E-state index contributed by atoms with van der Waals surface area (Å²) in [5.41, 5.74) is 0. The van der Waals surface area contributed by atoms with E-state index in [1.54, 1.807) is 0 Å². The molecule has 1 aliphatic heterocycles. The summed E-state index contributed by atoms with van der Waals surface area (Å²) in [6.07, 6.45) is 2.05. The summed E-state index contributed by atoms with van der Waals surface area (Å²) >= 11 is 0. The number of furan rings is 1. The molecular weight excluding hydrogens is 216 g/mol. The van der Waals surface area contributed by atoms with Crippen molar-refractivity contribution in [2.24, 2.45) is 5.92 Å². The molecule has 17 heavy (non-hydrogen) atoms. The van der Waals surface area contributed by atoms with E-state index in [9.17, 15) is 4.79 Å². The molecule has 4 heteroatoms. The maximum absolute atomic E-state index is 12.0. The van der Waals surface area contributed by atoms with Gasteiger partial charge in [0.15, 0.2) is 0 Å². The van der Waals surface area contributed by atoms with Gasteiger partial charge in [-0.15, -0.1) is 0 Å². The fraction of sp³-hybridized carbons (Fsp3) is 0.615. The maximum atomic E-state index is 12.0. The molecule has 0 saturated carbocycles. The van der Waals surface area contributed by atoms with Crippen molar-refractivity contribution >= 4 is 5.91 Å². The van der Waals surface area contributed by atoms with Gasteiger partial charge in [0.05, 0.1) is 12.0 Å². The van der Waals surface area contributed by atoms with Crippen molar-refractivity contribution in [3.63, 3.8) is 0 Å². The first-order valence-corrected chi connectivity index (χ1v) is 6.24. The number of nitrogens with one attached hydrogen (secondary N) is 2. The molecule has 1 aromatic heterocycles. The summed E-state index contributed by atoms with van der Waals surface area (Å²) in [7, 11) is 0. The zero-order chi connectivity index (χ0) is 12.3. The minimum absolute atomic E-state index is 0.0573. The van der Waals surface area contributed by atoms with Crippen molar-refractivity contribution in [1.82, 2.24) is 10.6 Å². The molecular formula is C13H20N2O2. The molecule has 2 N–H and O–H groups in total. The molecule has 0 radical (unpaired) electrons. The zero-order valence-corrected chi connectivity index (χ0v) is 10.5. The summed E-state index contributed by atoms with van der Waals surface area (Å²) in [5, 5.41) is 6.26. The molecule has 0 spiro atoms.